The van der Waals surface area contributed by atoms with E-state index in [2.05, 4.69) is 72.8 Å². The van der Waals surface area contributed by atoms with Crippen molar-refractivity contribution in [1.82, 2.24) is 4.98 Å². The van der Waals surface area contributed by atoms with Crippen LogP contribution in [0.2, 0.25) is 0 Å². The van der Waals surface area contributed by atoms with E-state index < -0.39 is 0 Å². The quantitative estimate of drug-likeness (QED) is 0.816. The van der Waals surface area contributed by atoms with Gasteiger partial charge in [-0.2, -0.15) is 0 Å². The molecule has 2 heterocycles. The summed E-state index contributed by atoms with van der Waals surface area (Å²) in [7, 11) is 0. The second-order valence-corrected chi connectivity index (χ2v) is 5.64. The number of para-hydroxylation sites is 1. The summed E-state index contributed by atoms with van der Waals surface area (Å²) in [5, 5.41) is 0. The molecule has 0 fully saturated rings. The van der Waals surface area contributed by atoms with Gasteiger partial charge in [0.1, 0.15) is 6.17 Å². The molecule has 1 unspecified atom stereocenters. The number of anilines is 3. The molecule has 0 saturated carbocycles. The van der Waals surface area contributed by atoms with Gasteiger partial charge in [-0.1, -0.05) is 18.2 Å². The Balaban J connectivity index is 2.16. The number of hydrogen-bond acceptors (Lipinski definition) is 3. The van der Waals surface area contributed by atoms with Crippen LogP contribution in [0.4, 0.5) is 17.2 Å². The van der Waals surface area contributed by atoms with Crippen LogP contribution < -0.4 is 9.80 Å². The highest BCUT2D eigenvalue weighted by molar-refractivity contribution is 5.81. The van der Waals surface area contributed by atoms with Gasteiger partial charge in [0.25, 0.3) is 0 Å². The van der Waals surface area contributed by atoms with E-state index in [0.717, 1.165) is 5.82 Å². The van der Waals surface area contributed by atoms with Crippen LogP contribution in [-0.4, -0.2) is 17.2 Å². The highest BCUT2D eigenvalue weighted by atomic mass is 15.4. The highest BCUT2D eigenvalue weighted by Crippen LogP contribution is 2.43. The average molecular weight is 267 g/mol. The first kappa shape index (κ1) is 13.0. The van der Waals surface area contributed by atoms with Crippen molar-refractivity contribution in [2.45, 2.75) is 39.9 Å². The Bertz CT molecular complexity index is 621. The molecule has 0 spiro atoms. The van der Waals surface area contributed by atoms with Crippen molar-refractivity contribution >= 4 is 17.2 Å². The fraction of sp³-hybridized carbons (Fsp3) is 0.353. The van der Waals surface area contributed by atoms with Gasteiger partial charge >= 0.3 is 0 Å². The molecule has 3 nitrogen and oxygen atoms in total. The maximum Gasteiger partial charge on any atom is 0.158 e. The maximum absolute atomic E-state index is 4.63. The summed E-state index contributed by atoms with van der Waals surface area (Å²) in [4.78, 5) is 9.39. The van der Waals surface area contributed by atoms with Crippen molar-refractivity contribution in [3.05, 3.63) is 48.2 Å². The normalized spacial score (nSPS) is 17.8. The summed E-state index contributed by atoms with van der Waals surface area (Å²) in [6.45, 7) is 8.86. The summed E-state index contributed by atoms with van der Waals surface area (Å²) in [6.07, 6.45) is 2.15. The minimum Gasteiger partial charge on any atom is -0.346 e. The van der Waals surface area contributed by atoms with E-state index in [0.29, 0.717) is 6.04 Å². The van der Waals surface area contributed by atoms with Crippen LogP contribution in [0.25, 0.3) is 0 Å². The molecular formula is C17H21N3. The van der Waals surface area contributed by atoms with Crippen LogP contribution in [0, 0.1) is 6.92 Å². The molecule has 0 aliphatic carbocycles. The number of fused-ring (bicyclic) bond motifs is 1. The lowest BCUT2D eigenvalue weighted by atomic mass is 10.2. The Morgan fingerprint density at radius 2 is 1.75 bits per heavy atom. The zero-order valence-corrected chi connectivity index (χ0v) is 12.5. The Hall–Kier alpha value is -2.03. The summed E-state index contributed by atoms with van der Waals surface area (Å²) in [5.74, 6) is 1.06. The summed E-state index contributed by atoms with van der Waals surface area (Å²) >= 11 is 0. The molecule has 104 valence electrons. The van der Waals surface area contributed by atoms with Gasteiger partial charge in [-0.25, -0.2) is 4.98 Å². The lowest BCUT2D eigenvalue weighted by molar-refractivity contribution is 0.606. The van der Waals surface area contributed by atoms with Gasteiger partial charge in [-0.3, -0.25) is 0 Å². The van der Waals surface area contributed by atoms with Gasteiger partial charge in [0.2, 0.25) is 0 Å². The second kappa shape index (κ2) is 4.82. The minimum atomic E-state index is 0.279. The predicted octanol–water partition coefficient (Wildman–Crippen LogP) is 4.10. The third-order valence-corrected chi connectivity index (χ3v) is 3.98. The topological polar surface area (TPSA) is 19.4 Å². The van der Waals surface area contributed by atoms with Gasteiger partial charge in [0.15, 0.2) is 5.82 Å². The number of benzene rings is 1. The van der Waals surface area contributed by atoms with Gasteiger partial charge in [0, 0.05) is 17.9 Å². The fourth-order valence-corrected chi connectivity index (χ4v) is 3.14. The van der Waals surface area contributed by atoms with E-state index in [-0.39, 0.29) is 6.17 Å². The molecule has 0 amide bonds. The van der Waals surface area contributed by atoms with Crippen molar-refractivity contribution in [2.24, 2.45) is 0 Å². The predicted molar refractivity (Wildman–Crippen MR) is 84.6 cm³/mol. The number of aryl methyl sites for hydroxylation is 1. The lowest BCUT2D eigenvalue weighted by Gasteiger charge is -2.33. The first-order valence-corrected chi connectivity index (χ1v) is 7.19. The zero-order valence-electron chi connectivity index (χ0n) is 12.5. The molecule has 3 heteroatoms. The molecule has 0 radical (unpaired) electrons. The van der Waals surface area contributed by atoms with Crippen molar-refractivity contribution in [3.8, 4) is 0 Å². The van der Waals surface area contributed by atoms with E-state index in [1.54, 1.807) is 0 Å². The summed E-state index contributed by atoms with van der Waals surface area (Å²) in [5.41, 5.74) is 3.74. The molecular weight excluding hydrogens is 246 g/mol. The molecule has 1 aliphatic rings. The first-order chi connectivity index (χ1) is 9.61. The number of nitrogens with zero attached hydrogens (tertiary/aromatic N) is 3. The van der Waals surface area contributed by atoms with E-state index in [1.807, 2.05) is 12.3 Å². The number of pyridine rings is 1. The van der Waals surface area contributed by atoms with Crippen LogP contribution in [0.5, 0.6) is 0 Å². The van der Waals surface area contributed by atoms with E-state index in [1.165, 1.54) is 16.9 Å². The van der Waals surface area contributed by atoms with Crippen molar-refractivity contribution in [2.75, 3.05) is 9.80 Å². The molecule has 0 N–H and O–H groups in total. The third-order valence-electron chi connectivity index (χ3n) is 3.98. The molecule has 20 heavy (non-hydrogen) atoms. The molecule has 1 atom stereocenters. The molecule has 1 aliphatic heterocycles. The fourth-order valence-electron chi connectivity index (χ4n) is 3.14. The molecule has 0 saturated heterocycles. The summed E-state index contributed by atoms with van der Waals surface area (Å²) < 4.78 is 0. The maximum atomic E-state index is 4.63. The Kier molecular flexibility index (Phi) is 3.13. The smallest absolute Gasteiger partial charge is 0.158 e. The number of aromatic nitrogens is 1. The Morgan fingerprint density at radius 3 is 2.45 bits per heavy atom. The SMILES string of the molecule is Cc1ccccc1N1c2ncccc2N(C(C)C)C1C. The standard InChI is InChI=1S/C17H21N3/c1-12(2)19-14(4)20(15-9-6-5-8-13(15)3)17-16(19)10-7-11-18-17/h5-12,14H,1-4H3. The number of hydrogen-bond donors (Lipinski definition) is 0. The van der Waals surface area contributed by atoms with E-state index in [4.69, 9.17) is 0 Å². The van der Waals surface area contributed by atoms with Gasteiger partial charge in [-0.15, -0.1) is 0 Å². The van der Waals surface area contributed by atoms with Crippen molar-refractivity contribution < 1.29 is 0 Å². The third kappa shape index (κ3) is 1.85. The van der Waals surface area contributed by atoms with Crippen molar-refractivity contribution in [3.63, 3.8) is 0 Å². The van der Waals surface area contributed by atoms with Crippen LogP contribution in [0.15, 0.2) is 42.6 Å². The summed E-state index contributed by atoms with van der Waals surface area (Å²) in [6, 6.07) is 13.1. The largest absolute Gasteiger partial charge is 0.346 e. The van der Waals surface area contributed by atoms with Gasteiger partial charge in [-0.05, 0) is 51.5 Å². The molecule has 2 aromatic rings. The van der Waals surface area contributed by atoms with Crippen LogP contribution in [0.3, 0.4) is 0 Å². The molecule has 1 aromatic heterocycles. The van der Waals surface area contributed by atoms with Crippen LogP contribution in [-0.2, 0) is 0 Å². The minimum absolute atomic E-state index is 0.279. The zero-order chi connectivity index (χ0) is 14.3. The van der Waals surface area contributed by atoms with E-state index in [9.17, 15) is 0 Å². The van der Waals surface area contributed by atoms with Crippen LogP contribution >= 0.6 is 0 Å². The lowest BCUT2D eigenvalue weighted by Crippen LogP contribution is -2.42. The highest BCUT2D eigenvalue weighted by Gasteiger charge is 2.36. The molecule has 3 rings (SSSR count). The molecule has 0 bridgehead atoms. The average Bonchev–Trinajstić information content (AvgIpc) is 2.71. The molecule has 1 aromatic carbocycles. The van der Waals surface area contributed by atoms with Crippen molar-refractivity contribution in [1.29, 1.82) is 0 Å². The van der Waals surface area contributed by atoms with Gasteiger partial charge in [0.05, 0.1) is 5.69 Å². The van der Waals surface area contributed by atoms with Gasteiger partial charge < -0.3 is 9.80 Å². The number of rotatable bonds is 2. The van der Waals surface area contributed by atoms with E-state index >= 15 is 0 Å². The Labute approximate surface area is 120 Å². The first-order valence-electron chi connectivity index (χ1n) is 7.19. The monoisotopic (exact) mass is 267 g/mol. The van der Waals surface area contributed by atoms with Crippen LogP contribution in [0.1, 0.15) is 26.3 Å². The Morgan fingerprint density at radius 1 is 1.05 bits per heavy atom. The second-order valence-electron chi connectivity index (χ2n) is 5.64.